The molecule has 5 heteroatoms. The van der Waals surface area contributed by atoms with E-state index in [1.807, 2.05) is 4.90 Å². The Balaban J connectivity index is 1.38. The molecule has 0 N–H and O–H groups in total. The van der Waals surface area contributed by atoms with Gasteiger partial charge in [0.1, 0.15) is 0 Å². The predicted molar refractivity (Wildman–Crippen MR) is 73.2 cm³/mol. The van der Waals surface area contributed by atoms with Crippen molar-refractivity contribution >= 4 is 5.91 Å². The molecule has 1 amide bonds. The lowest BCUT2D eigenvalue weighted by Crippen LogP contribution is -2.40. The van der Waals surface area contributed by atoms with E-state index in [1.165, 1.54) is 45.1 Å². The molecule has 3 aliphatic rings. The van der Waals surface area contributed by atoms with Crippen LogP contribution in [0.1, 0.15) is 29.8 Å². The second-order valence-corrected chi connectivity index (χ2v) is 6.60. The Kier molecular flexibility index (Phi) is 3.02. The number of likely N-dealkylation sites (tertiary alicyclic amines) is 2. The van der Waals surface area contributed by atoms with Crippen molar-refractivity contribution < 1.29 is 9.32 Å². The predicted octanol–water partition coefficient (Wildman–Crippen LogP) is 1.48. The van der Waals surface area contributed by atoms with Crippen molar-refractivity contribution in [3.8, 4) is 0 Å². The lowest BCUT2D eigenvalue weighted by Gasteiger charge is -2.34. The first kappa shape index (κ1) is 12.4. The van der Waals surface area contributed by atoms with Gasteiger partial charge in [-0.15, -0.1) is 0 Å². The number of aromatic nitrogens is 1. The summed E-state index contributed by atoms with van der Waals surface area (Å²) in [5.41, 5.74) is 0. The summed E-state index contributed by atoms with van der Waals surface area (Å²) in [5, 5.41) is 3.63. The Bertz CT molecular complexity index is 483. The fraction of sp³-hybridized carbons (Fsp3) is 0.733. The zero-order valence-electron chi connectivity index (χ0n) is 11.7. The van der Waals surface area contributed by atoms with Gasteiger partial charge in [0.05, 0.1) is 6.20 Å². The Morgan fingerprint density at radius 3 is 2.85 bits per heavy atom. The zero-order valence-corrected chi connectivity index (χ0v) is 11.7. The number of carbonyl (C=O) groups excluding carboxylic acids is 1. The minimum Gasteiger partial charge on any atom is -0.351 e. The summed E-state index contributed by atoms with van der Waals surface area (Å²) in [6.07, 6.45) is 5.60. The first-order chi connectivity index (χ1) is 9.79. The smallest absolute Gasteiger partial charge is 0.292 e. The number of piperidine rings is 1. The van der Waals surface area contributed by atoms with Gasteiger partial charge in [-0.25, -0.2) is 0 Å². The van der Waals surface area contributed by atoms with E-state index in [2.05, 4.69) is 10.1 Å². The van der Waals surface area contributed by atoms with Crippen molar-refractivity contribution in [1.82, 2.24) is 15.0 Å². The first-order valence-electron chi connectivity index (χ1n) is 7.72. The van der Waals surface area contributed by atoms with Crippen LogP contribution < -0.4 is 0 Å². The number of hydrogen-bond acceptors (Lipinski definition) is 4. The minimum absolute atomic E-state index is 0.00522. The highest BCUT2D eigenvalue weighted by atomic mass is 16.5. The average Bonchev–Trinajstić information content (AvgIpc) is 2.96. The summed E-state index contributed by atoms with van der Waals surface area (Å²) in [6.45, 7) is 5.43. The van der Waals surface area contributed by atoms with Crippen molar-refractivity contribution in [2.45, 2.75) is 19.3 Å². The molecule has 0 bridgehead atoms. The van der Waals surface area contributed by atoms with Gasteiger partial charge < -0.3 is 14.3 Å². The molecule has 5 nitrogen and oxygen atoms in total. The van der Waals surface area contributed by atoms with Crippen LogP contribution in [0.5, 0.6) is 0 Å². The highest BCUT2D eigenvalue weighted by molar-refractivity contribution is 5.91. The SMILES string of the molecule is O=C(c1ccno1)N1C[C@@H]2CCN(CC3CC3)C[C@H]2C1. The lowest BCUT2D eigenvalue weighted by molar-refractivity contribution is 0.0742. The standard InChI is InChI=1S/C15H21N3O2/c19-15(14-3-5-16-20-14)18-9-12-4-6-17(7-11-1-2-11)8-13(12)10-18/h3,5,11-13H,1-2,4,6-10H2/t12-,13-/m0/s1. The summed E-state index contributed by atoms with van der Waals surface area (Å²) in [7, 11) is 0. The molecule has 1 aliphatic carbocycles. The topological polar surface area (TPSA) is 49.6 Å². The fourth-order valence-electron chi connectivity index (χ4n) is 3.72. The van der Waals surface area contributed by atoms with Crippen LogP contribution in [0.15, 0.2) is 16.8 Å². The van der Waals surface area contributed by atoms with Gasteiger partial charge in [0.25, 0.3) is 5.91 Å². The van der Waals surface area contributed by atoms with Gasteiger partial charge in [-0.1, -0.05) is 5.16 Å². The Morgan fingerprint density at radius 2 is 2.10 bits per heavy atom. The third-order valence-corrected chi connectivity index (χ3v) is 5.03. The van der Waals surface area contributed by atoms with Crippen molar-refractivity contribution in [3.63, 3.8) is 0 Å². The molecule has 0 aromatic carbocycles. The highest BCUT2D eigenvalue weighted by Crippen LogP contribution is 2.35. The molecule has 1 aromatic rings. The van der Waals surface area contributed by atoms with E-state index in [9.17, 15) is 4.79 Å². The molecule has 2 saturated heterocycles. The number of carbonyl (C=O) groups is 1. The van der Waals surface area contributed by atoms with Crippen LogP contribution in [0.2, 0.25) is 0 Å². The molecule has 1 aromatic heterocycles. The van der Waals surface area contributed by atoms with Crippen LogP contribution in [-0.4, -0.2) is 53.6 Å². The molecule has 3 heterocycles. The number of fused-ring (bicyclic) bond motifs is 1. The van der Waals surface area contributed by atoms with E-state index in [1.54, 1.807) is 6.07 Å². The van der Waals surface area contributed by atoms with E-state index in [-0.39, 0.29) is 5.91 Å². The van der Waals surface area contributed by atoms with Gasteiger partial charge in [-0.3, -0.25) is 4.79 Å². The van der Waals surface area contributed by atoms with Gasteiger partial charge in [0.15, 0.2) is 0 Å². The molecule has 1 saturated carbocycles. The molecule has 4 rings (SSSR count). The van der Waals surface area contributed by atoms with Gasteiger partial charge in [0.2, 0.25) is 5.76 Å². The van der Waals surface area contributed by atoms with Crippen LogP contribution in [0.3, 0.4) is 0 Å². The summed E-state index contributed by atoms with van der Waals surface area (Å²) >= 11 is 0. The zero-order chi connectivity index (χ0) is 13.5. The number of rotatable bonds is 3. The maximum atomic E-state index is 12.3. The molecule has 20 heavy (non-hydrogen) atoms. The van der Waals surface area contributed by atoms with Gasteiger partial charge in [0, 0.05) is 32.2 Å². The number of hydrogen-bond donors (Lipinski definition) is 0. The maximum Gasteiger partial charge on any atom is 0.292 e. The molecule has 3 fully saturated rings. The molecule has 108 valence electrons. The van der Waals surface area contributed by atoms with Crippen molar-refractivity contribution in [1.29, 1.82) is 0 Å². The van der Waals surface area contributed by atoms with Crippen molar-refractivity contribution in [2.24, 2.45) is 17.8 Å². The van der Waals surface area contributed by atoms with E-state index in [4.69, 9.17) is 4.52 Å². The molecular weight excluding hydrogens is 254 g/mol. The highest BCUT2D eigenvalue weighted by Gasteiger charge is 2.40. The van der Waals surface area contributed by atoms with Gasteiger partial charge >= 0.3 is 0 Å². The van der Waals surface area contributed by atoms with Crippen LogP contribution in [-0.2, 0) is 0 Å². The summed E-state index contributed by atoms with van der Waals surface area (Å²) in [6, 6.07) is 1.66. The summed E-state index contributed by atoms with van der Waals surface area (Å²) in [5.74, 6) is 2.66. The van der Waals surface area contributed by atoms with E-state index in [0.717, 1.165) is 19.0 Å². The lowest BCUT2D eigenvalue weighted by atomic mass is 9.88. The summed E-state index contributed by atoms with van der Waals surface area (Å²) < 4.78 is 4.99. The molecule has 2 aliphatic heterocycles. The van der Waals surface area contributed by atoms with Crippen molar-refractivity contribution in [3.05, 3.63) is 18.0 Å². The average molecular weight is 275 g/mol. The largest absolute Gasteiger partial charge is 0.351 e. The Hall–Kier alpha value is -1.36. The normalized spacial score (nSPS) is 30.5. The Morgan fingerprint density at radius 1 is 1.25 bits per heavy atom. The van der Waals surface area contributed by atoms with E-state index in [0.29, 0.717) is 17.6 Å². The third kappa shape index (κ3) is 2.35. The second-order valence-electron chi connectivity index (χ2n) is 6.60. The molecule has 0 radical (unpaired) electrons. The van der Waals surface area contributed by atoms with E-state index >= 15 is 0 Å². The van der Waals surface area contributed by atoms with Crippen molar-refractivity contribution in [2.75, 3.05) is 32.7 Å². The minimum atomic E-state index is 0.00522. The molecule has 0 unspecified atom stereocenters. The molecular formula is C15H21N3O2. The van der Waals surface area contributed by atoms with E-state index < -0.39 is 0 Å². The van der Waals surface area contributed by atoms with Crippen LogP contribution in [0.25, 0.3) is 0 Å². The number of nitrogens with zero attached hydrogens (tertiary/aromatic N) is 3. The van der Waals surface area contributed by atoms with Gasteiger partial charge in [-0.2, -0.15) is 0 Å². The fourth-order valence-corrected chi connectivity index (χ4v) is 3.72. The van der Waals surface area contributed by atoms with Crippen LogP contribution in [0.4, 0.5) is 0 Å². The monoisotopic (exact) mass is 275 g/mol. The summed E-state index contributed by atoms with van der Waals surface area (Å²) in [4.78, 5) is 16.9. The Labute approximate surface area is 118 Å². The maximum absolute atomic E-state index is 12.3. The first-order valence-corrected chi connectivity index (χ1v) is 7.72. The molecule has 0 spiro atoms. The van der Waals surface area contributed by atoms with Crippen LogP contribution >= 0.6 is 0 Å². The second kappa shape index (κ2) is 4.88. The molecule has 2 atom stereocenters. The number of amides is 1. The van der Waals surface area contributed by atoms with Crippen LogP contribution in [0, 0.1) is 17.8 Å². The van der Waals surface area contributed by atoms with Gasteiger partial charge in [-0.05, 0) is 43.6 Å². The quantitative estimate of drug-likeness (QED) is 0.838. The third-order valence-electron chi connectivity index (χ3n) is 5.03.